The molecule has 1 rings (SSSR count). The predicted octanol–water partition coefficient (Wildman–Crippen LogP) is 7.52. The summed E-state index contributed by atoms with van der Waals surface area (Å²) in [6.45, 7) is 10.7. The summed E-state index contributed by atoms with van der Waals surface area (Å²) in [5, 5.41) is 12.0. The minimum atomic E-state index is 0.167. The fourth-order valence-corrected chi connectivity index (χ4v) is 2.96. The summed E-state index contributed by atoms with van der Waals surface area (Å²) >= 11 is 0. The summed E-state index contributed by atoms with van der Waals surface area (Å²) in [4.78, 5) is 0. The van der Waals surface area contributed by atoms with Crippen LogP contribution in [0.15, 0.2) is 18.2 Å². The van der Waals surface area contributed by atoms with Crippen LogP contribution in [-0.2, 0) is 11.5 Å². The lowest BCUT2D eigenvalue weighted by Crippen LogP contribution is -1.91. The fraction of sp³-hybridized carbons (Fsp3) is 0.636. The number of benzene rings is 1. The maximum Gasteiger partial charge on any atom is 0.181 e. The quantitative estimate of drug-likeness (QED) is 0.335. The molecule has 0 spiro atoms. The molecule has 0 saturated carbocycles. The number of unbranched alkanes of at least 4 members (excludes halogenated alkanes) is 8. The Bertz CT molecular complexity index is 447. The molecule has 0 aliphatic rings. The van der Waals surface area contributed by atoms with Crippen LogP contribution >= 0.6 is 0 Å². The van der Waals surface area contributed by atoms with Crippen molar-refractivity contribution in [2.75, 3.05) is 0 Å². The molecule has 0 N–H and O–H groups in total. The van der Waals surface area contributed by atoms with Crippen molar-refractivity contribution < 1.29 is 5.11 Å². The normalized spacial score (nSPS) is 10.9. The standard InChI is InChI=1S/C22H34O/c1-4-6-8-10-12-14-19(3)20-16-17-22(23)21(18-20)15-13-11-9-7-5-2/h3,16-18H,4-15H2,1-2H3. The smallest absolute Gasteiger partial charge is 0.181 e. The average molecular weight is 315 g/mol. The van der Waals surface area contributed by atoms with Crippen molar-refractivity contribution in [2.24, 2.45) is 0 Å². The van der Waals surface area contributed by atoms with Crippen molar-refractivity contribution in [2.45, 2.75) is 90.9 Å². The first-order valence-corrected chi connectivity index (χ1v) is 9.60. The molecule has 0 aliphatic carbocycles. The molecule has 128 valence electrons. The van der Waals surface area contributed by atoms with Crippen LogP contribution in [0.4, 0.5) is 0 Å². The van der Waals surface area contributed by atoms with Gasteiger partial charge < -0.3 is 0 Å². The highest BCUT2D eigenvalue weighted by atomic mass is 16.3. The van der Waals surface area contributed by atoms with E-state index in [9.17, 15) is 5.11 Å². The van der Waals surface area contributed by atoms with E-state index in [1.54, 1.807) is 6.07 Å². The SMILES string of the molecule is [CH]=C(CCCCCCC)c1ccc([O])c(CCCCCCC)c1. The van der Waals surface area contributed by atoms with Crippen molar-refractivity contribution in [3.05, 3.63) is 35.9 Å². The second-order valence-electron chi connectivity index (χ2n) is 6.68. The van der Waals surface area contributed by atoms with Gasteiger partial charge in [-0.3, -0.25) is 5.11 Å². The van der Waals surface area contributed by atoms with Crippen molar-refractivity contribution in [1.29, 1.82) is 0 Å². The monoisotopic (exact) mass is 314 g/mol. The third-order valence-corrected chi connectivity index (χ3v) is 4.53. The third kappa shape index (κ3) is 8.25. The van der Waals surface area contributed by atoms with Gasteiger partial charge in [-0.1, -0.05) is 77.9 Å². The number of hydrogen-bond acceptors (Lipinski definition) is 0. The van der Waals surface area contributed by atoms with Crippen LogP contribution in [0, 0.1) is 6.58 Å². The van der Waals surface area contributed by atoms with Crippen molar-refractivity contribution >= 4 is 5.57 Å². The van der Waals surface area contributed by atoms with Gasteiger partial charge in [0.2, 0.25) is 0 Å². The molecule has 0 unspecified atom stereocenters. The van der Waals surface area contributed by atoms with Gasteiger partial charge in [-0.05, 0) is 49.0 Å². The molecule has 0 atom stereocenters. The average Bonchev–Trinajstić information content (AvgIpc) is 2.55. The van der Waals surface area contributed by atoms with Gasteiger partial charge in [0.05, 0.1) is 0 Å². The molecule has 1 aromatic carbocycles. The number of hydrogen-bond donors (Lipinski definition) is 0. The van der Waals surface area contributed by atoms with Crippen LogP contribution in [0.2, 0.25) is 0 Å². The van der Waals surface area contributed by atoms with Gasteiger partial charge >= 0.3 is 0 Å². The van der Waals surface area contributed by atoms with E-state index < -0.39 is 0 Å². The van der Waals surface area contributed by atoms with Crippen molar-refractivity contribution in [3.63, 3.8) is 0 Å². The van der Waals surface area contributed by atoms with Gasteiger partial charge in [0.1, 0.15) is 0 Å². The van der Waals surface area contributed by atoms with Gasteiger partial charge in [-0.15, -0.1) is 0 Å². The van der Waals surface area contributed by atoms with Gasteiger partial charge in [0, 0.05) is 5.56 Å². The first-order chi connectivity index (χ1) is 11.2. The number of rotatable bonds is 13. The van der Waals surface area contributed by atoms with E-state index in [-0.39, 0.29) is 5.75 Å². The number of aryl methyl sites for hydroxylation is 1. The zero-order chi connectivity index (χ0) is 16.9. The largest absolute Gasteiger partial charge is 0.290 e. The van der Waals surface area contributed by atoms with E-state index in [0.717, 1.165) is 42.4 Å². The van der Waals surface area contributed by atoms with E-state index in [4.69, 9.17) is 6.58 Å². The van der Waals surface area contributed by atoms with Crippen LogP contribution in [0.3, 0.4) is 0 Å². The van der Waals surface area contributed by atoms with Crippen LogP contribution in [0.1, 0.15) is 95.6 Å². The maximum absolute atomic E-state index is 12.0. The van der Waals surface area contributed by atoms with Crippen LogP contribution in [-0.4, -0.2) is 0 Å². The Hall–Kier alpha value is -1.24. The molecular formula is C22H34O. The van der Waals surface area contributed by atoms with Crippen molar-refractivity contribution in [3.8, 4) is 5.75 Å². The molecule has 0 saturated heterocycles. The molecule has 0 aromatic heterocycles. The summed E-state index contributed by atoms with van der Waals surface area (Å²) in [7, 11) is 0. The lowest BCUT2D eigenvalue weighted by atomic mass is 9.96. The fourth-order valence-electron chi connectivity index (χ4n) is 2.96. The zero-order valence-electron chi connectivity index (χ0n) is 15.2. The van der Waals surface area contributed by atoms with Gasteiger partial charge in [-0.2, -0.15) is 0 Å². The predicted molar refractivity (Wildman–Crippen MR) is 100 cm³/mol. The lowest BCUT2D eigenvalue weighted by molar-refractivity contribution is 0.349. The molecule has 0 heterocycles. The second kappa shape index (κ2) is 12.2. The Kier molecular flexibility index (Phi) is 10.5. The molecule has 0 amide bonds. The Morgan fingerprint density at radius 3 is 2.13 bits per heavy atom. The van der Waals surface area contributed by atoms with Crippen molar-refractivity contribution in [1.82, 2.24) is 0 Å². The minimum Gasteiger partial charge on any atom is -0.290 e. The van der Waals surface area contributed by atoms with Crippen LogP contribution in [0.25, 0.3) is 5.57 Å². The van der Waals surface area contributed by atoms with Gasteiger partial charge in [0.25, 0.3) is 0 Å². The molecule has 1 heteroatoms. The van der Waals surface area contributed by atoms with Gasteiger partial charge in [-0.25, -0.2) is 0 Å². The van der Waals surface area contributed by atoms with E-state index >= 15 is 0 Å². The lowest BCUT2D eigenvalue weighted by Gasteiger charge is -2.09. The molecule has 0 bridgehead atoms. The first kappa shape index (κ1) is 19.8. The second-order valence-corrected chi connectivity index (χ2v) is 6.68. The third-order valence-electron chi connectivity index (χ3n) is 4.53. The Morgan fingerprint density at radius 2 is 1.48 bits per heavy atom. The highest BCUT2D eigenvalue weighted by Crippen LogP contribution is 2.27. The summed E-state index contributed by atoms with van der Waals surface area (Å²) in [5.74, 6) is 0.167. The zero-order valence-corrected chi connectivity index (χ0v) is 15.2. The molecule has 23 heavy (non-hydrogen) atoms. The maximum atomic E-state index is 12.0. The first-order valence-electron chi connectivity index (χ1n) is 9.60. The number of allylic oxidation sites excluding steroid dienone is 1. The van der Waals surface area contributed by atoms with E-state index in [1.165, 1.54) is 51.4 Å². The van der Waals surface area contributed by atoms with Crippen LogP contribution in [0.5, 0.6) is 5.75 Å². The van der Waals surface area contributed by atoms with E-state index in [1.807, 2.05) is 12.1 Å². The van der Waals surface area contributed by atoms with Gasteiger partial charge in [0.15, 0.2) is 5.75 Å². The Morgan fingerprint density at radius 1 is 0.870 bits per heavy atom. The molecule has 2 radical (unpaired) electrons. The molecule has 0 fully saturated rings. The summed E-state index contributed by atoms with van der Waals surface area (Å²) in [6.07, 6.45) is 14.3. The highest BCUT2D eigenvalue weighted by Gasteiger charge is 2.07. The van der Waals surface area contributed by atoms with E-state index in [2.05, 4.69) is 13.8 Å². The summed E-state index contributed by atoms with van der Waals surface area (Å²) in [6, 6.07) is 5.62. The Balaban J connectivity index is 2.43. The molecular weight excluding hydrogens is 280 g/mol. The minimum absolute atomic E-state index is 0.167. The molecule has 1 aromatic rings. The Labute approximate surface area is 143 Å². The molecule has 0 aliphatic heterocycles. The van der Waals surface area contributed by atoms with E-state index in [0.29, 0.717) is 0 Å². The van der Waals surface area contributed by atoms with Crippen LogP contribution < -0.4 is 0 Å². The molecule has 1 nitrogen and oxygen atoms in total. The topological polar surface area (TPSA) is 19.9 Å². The summed E-state index contributed by atoms with van der Waals surface area (Å²) < 4.78 is 0. The highest BCUT2D eigenvalue weighted by molar-refractivity contribution is 5.63. The summed E-state index contributed by atoms with van der Waals surface area (Å²) in [5.41, 5.74) is 2.94.